The highest BCUT2D eigenvalue weighted by Crippen LogP contribution is 2.10. The van der Waals surface area contributed by atoms with Crippen LogP contribution in [0.3, 0.4) is 0 Å². The summed E-state index contributed by atoms with van der Waals surface area (Å²) in [5, 5.41) is 8.60. The van der Waals surface area contributed by atoms with Crippen molar-refractivity contribution in [2.24, 2.45) is 11.1 Å². The molecule has 0 aliphatic heterocycles. The molecule has 0 aromatic carbocycles. The Kier molecular flexibility index (Phi) is 3.12. The van der Waals surface area contributed by atoms with Gasteiger partial charge in [-0.3, -0.25) is 4.68 Å². The summed E-state index contributed by atoms with van der Waals surface area (Å²) in [6.45, 7) is 4.76. The van der Waals surface area contributed by atoms with E-state index in [4.69, 9.17) is 5.14 Å². The zero-order chi connectivity index (χ0) is 10.8. The predicted molar refractivity (Wildman–Crippen MR) is 50.8 cm³/mol. The van der Waals surface area contributed by atoms with Crippen LogP contribution in [0.15, 0.2) is 12.4 Å². The van der Waals surface area contributed by atoms with Gasteiger partial charge in [0.1, 0.15) is 0 Å². The SMILES string of the molecule is CC(C)Cn1cc(OS(N)(=O)=O)cn1. The van der Waals surface area contributed by atoms with Crippen molar-refractivity contribution in [2.75, 3.05) is 0 Å². The van der Waals surface area contributed by atoms with Crippen molar-refractivity contribution in [3.8, 4) is 5.75 Å². The summed E-state index contributed by atoms with van der Waals surface area (Å²) in [4.78, 5) is 0. The third kappa shape index (κ3) is 3.75. The predicted octanol–water partition coefficient (Wildman–Crippen LogP) is 0.121. The highest BCUT2D eigenvalue weighted by atomic mass is 32.2. The van der Waals surface area contributed by atoms with Gasteiger partial charge in [0.05, 0.1) is 12.4 Å². The first-order valence-electron chi connectivity index (χ1n) is 4.11. The van der Waals surface area contributed by atoms with E-state index < -0.39 is 10.3 Å². The van der Waals surface area contributed by atoms with E-state index in [9.17, 15) is 8.42 Å². The van der Waals surface area contributed by atoms with Gasteiger partial charge in [-0.15, -0.1) is 0 Å². The van der Waals surface area contributed by atoms with Gasteiger partial charge in [-0.25, -0.2) is 0 Å². The van der Waals surface area contributed by atoms with Crippen LogP contribution in [0.1, 0.15) is 13.8 Å². The van der Waals surface area contributed by atoms with Crippen LogP contribution in [0.25, 0.3) is 0 Å². The highest BCUT2D eigenvalue weighted by molar-refractivity contribution is 7.84. The summed E-state index contributed by atoms with van der Waals surface area (Å²) in [5.74, 6) is 0.561. The Labute approximate surface area is 82.9 Å². The van der Waals surface area contributed by atoms with Crippen molar-refractivity contribution in [1.29, 1.82) is 0 Å². The summed E-state index contributed by atoms with van der Waals surface area (Å²) in [6, 6.07) is 0. The topological polar surface area (TPSA) is 87.2 Å². The minimum Gasteiger partial charge on any atom is -0.368 e. The van der Waals surface area contributed by atoms with Gasteiger partial charge in [0, 0.05) is 6.54 Å². The van der Waals surface area contributed by atoms with Crippen molar-refractivity contribution in [3.63, 3.8) is 0 Å². The number of aromatic nitrogens is 2. The summed E-state index contributed by atoms with van der Waals surface area (Å²) in [5.41, 5.74) is 0. The molecule has 0 bridgehead atoms. The second-order valence-corrected chi connectivity index (χ2v) is 4.52. The normalized spacial score (nSPS) is 12.0. The van der Waals surface area contributed by atoms with Crippen LogP contribution in [-0.4, -0.2) is 18.2 Å². The first-order chi connectivity index (χ1) is 6.37. The Bertz CT molecular complexity index is 396. The van der Waals surface area contributed by atoms with Crippen LogP contribution in [0.4, 0.5) is 0 Å². The maximum absolute atomic E-state index is 10.6. The van der Waals surface area contributed by atoms with E-state index in [0.717, 1.165) is 0 Å². The lowest BCUT2D eigenvalue weighted by Crippen LogP contribution is -2.18. The molecule has 0 saturated heterocycles. The first kappa shape index (κ1) is 11.0. The lowest BCUT2D eigenvalue weighted by atomic mass is 10.2. The van der Waals surface area contributed by atoms with Gasteiger partial charge in [0.25, 0.3) is 0 Å². The average Bonchev–Trinajstić information content (AvgIpc) is 2.30. The molecular weight excluding hydrogens is 206 g/mol. The monoisotopic (exact) mass is 219 g/mol. The van der Waals surface area contributed by atoms with Gasteiger partial charge >= 0.3 is 10.3 Å². The second kappa shape index (κ2) is 3.97. The van der Waals surface area contributed by atoms with E-state index in [0.29, 0.717) is 12.5 Å². The van der Waals surface area contributed by atoms with E-state index in [1.807, 2.05) is 13.8 Å². The van der Waals surface area contributed by atoms with Crippen molar-refractivity contribution in [1.82, 2.24) is 9.78 Å². The van der Waals surface area contributed by atoms with Gasteiger partial charge in [-0.05, 0) is 5.92 Å². The van der Waals surface area contributed by atoms with Gasteiger partial charge in [-0.2, -0.15) is 18.7 Å². The molecule has 14 heavy (non-hydrogen) atoms. The van der Waals surface area contributed by atoms with E-state index in [1.165, 1.54) is 12.4 Å². The smallest absolute Gasteiger partial charge is 0.368 e. The number of hydrogen-bond acceptors (Lipinski definition) is 4. The van der Waals surface area contributed by atoms with E-state index in [1.54, 1.807) is 4.68 Å². The van der Waals surface area contributed by atoms with E-state index in [-0.39, 0.29) is 5.75 Å². The molecule has 0 radical (unpaired) electrons. The zero-order valence-electron chi connectivity index (χ0n) is 8.04. The molecule has 0 amide bonds. The lowest BCUT2D eigenvalue weighted by molar-refractivity contribution is 0.475. The molecule has 7 heteroatoms. The van der Waals surface area contributed by atoms with Gasteiger partial charge in [0.2, 0.25) is 0 Å². The Balaban J connectivity index is 2.69. The maximum atomic E-state index is 10.6. The van der Waals surface area contributed by atoms with E-state index in [2.05, 4.69) is 9.28 Å². The second-order valence-electron chi connectivity index (χ2n) is 3.37. The molecule has 0 spiro atoms. The number of rotatable bonds is 4. The van der Waals surface area contributed by atoms with Crippen LogP contribution in [0, 0.1) is 5.92 Å². The van der Waals surface area contributed by atoms with Crippen LogP contribution < -0.4 is 9.32 Å². The Hall–Kier alpha value is -1.08. The lowest BCUT2D eigenvalue weighted by Gasteiger charge is -2.03. The molecule has 0 aliphatic rings. The molecule has 0 saturated carbocycles. The highest BCUT2D eigenvalue weighted by Gasteiger charge is 2.07. The fourth-order valence-corrected chi connectivity index (χ4v) is 1.35. The fourth-order valence-electron chi connectivity index (χ4n) is 0.996. The van der Waals surface area contributed by atoms with Gasteiger partial charge < -0.3 is 4.18 Å². The minimum absolute atomic E-state index is 0.133. The van der Waals surface area contributed by atoms with Crippen molar-refractivity contribution >= 4 is 10.3 Å². The third-order valence-electron chi connectivity index (χ3n) is 1.37. The van der Waals surface area contributed by atoms with Gasteiger partial charge in [0.15, 0.2) is 5.75 Å². The molecule has 6 nitrogen and oxygen atoms in total. The minimum atomic E-state index is -3.95. The fraction of sp³-hybridized carbons (Fsp3) is 0.571. The quantitative estimate of drug-likeness (QED) is 0.779. The molecule has 0 fully saturated rings. The largest absolute Gasteiger partial charge is 0.380 e. The summed E-state index contributed by atoms with van der Waals surface area (Å²) in [6.07, 6.45) is 2.80. The van der Waals surface area contributed by atoms with Crippen LogP contribution in [0.5, 0.6) is 5.75 Å². The molecule has 80 valence electrons. The Morgan fingerprint density at radius 3 is 2.79 bits per heavy atom. The number of hydrogen-bond donors (Lipinski definition) is 1. The maximum Gasteiger partial charge on any atom is 0.380 e. The van der Waals surface area contributed by atoms with Gasteiger partial charge in [-0.1, -0.05) is 13.8 Å². The Morgan fingerprint density at radius 1 is 1.64 bits per heavy atom. The molecule has 1 aromatic rings. The van der Waals surface area contributed by atoms with Crippen LogP contribution in [-0.2, 0) is 16.8 Å². The number of nitrogens with zero attached hydrogens (tertiary/aromatic N) is 2. The zero-order valence-corrected chi connectivity index (χ0v) is 8.86. The number of nitrogens with two attached hydrogens (primary N) is 1. The Morgan fingerprint density at radius 2 is 2.29 bits per heavy atom. The molecule has 1 aromatic heterocycles. The standard InChI is InChI=1S/C7H13N3O3S/c1-6(2)4-10-5-7(3-9-10)13-14(8,11)12/h3,5-6H,4H2,1-2H3,(H2,8,11,12). The molecule has 0 unspecified atom stereocenters. The van der Waals surface area contributed by atoms with Crippen LogP contribution >= 0.6 is 0 Å². The molecule has 0 atom stereocenters. The van der Waals surface area contributed by atoms with Crippen molar-refractivity contribution in [2.45, 2.75) is 20.4 Å². The molecule has 0 aliphatic carbocycles. The van der Waals surface area contributed by atoms with Crippen LogP contribution in [0.2, 0.25) is 0 Å². The molecule has 1 heterocycles. The van der Waals surface area contributed by atoms with Crippen molar-refractivity contribution < 1.29 is 12.6 Å². The molecule has 1 rings (SSSR count). The molecule has 2 N–H and O–H groups in total. The molecular formula is C7H13N3O3S. The third-order valence-corrected chi connectivity index (χ3v) is 1.80. The van der Waals surface area contributed by atoms with E-state index >= 15 is 0 Å². The summed E-state index contributed by atoms with van der Waals surface area (Å²) >= 11 is 0. The summed E-state index contributed by atoms with van der Waals surface area (Å²) < 4.78 is 27.1. The summed E-state index contributed by atoms with van der Waals surface area (Å²) in [7, 11) is -3.95. The van der Waals surface area contributed by atoms with Crippen molar-refractivity contribution in [3.05, 3.63) is 12.4 Å². The first-order valence-corrected chi connectivity index (χ1v) is 5.58. The average molecular weight is 219 g/mol.